The maximum atomic E-state index is 10.7. The summed E-state index contributed by atoms with van der Waals surface area (Å²) < 4.78 is 0. The molecule has 0 aliphatic rings. The Hall–Kier alpha value is -1.08. The first-order valence-corrected chi connectivity index (χ1v) is 4.93. The highest BCUT2D eigenvalue weighted by Gasteiger charge is 2.01. The fraction of sp³-hybridized carbons (Fsp3) is 0.250. The molecule has 0 fully saturated rings. The van der Waals surface area contributed by atoms with Crippen molar-refractivity contribution < 1.29 is 4.79 Å². The van der Waals surface area contributed by atoms with Crippen LogP contribution < -0.4 is 0 Å². The number of aldehydes is 1. The van der Waals surface area contributed by atoms with E-state index in [2.05, 4.69) is 0 Å². The predicted octanol–water partition coefficient (Wildman–Crippen LogP) is 3.58. The van der Waals surface area contributed by atoms with Crippen LogP contribution in [-0.2, 0) is 4.79 Å². The molecule has 14 heavy (non-hydrogen) atoms. The zero-order chi connectivity index (χ0) is 10.6. The highest BCUT2D eigenvalue weighted by Crippen LogP contribution is 2.15. The van der Waals surface area contributed by atoms with Crippen molar-refractivity contribution in [2.24, 2.45) is 5.92 Å². The molecule has 1 rings (SSSR count). The van der Waals surface area contributed by atoms with E-state index in [1.54, 1.807) is 0 Å². The van der Waals surface area contributed by atoms with Gasteiger partial charge < -0.3 is 0 Å². The molecule has 0 aliphatic carbocycles. The average Bonchev–Trinajstić information content (AvgIpc) is 2.16. The number of benzene rings is 1. The second-order valence-corrected chi connectivity index (χ2v) is 3.90. The first-order chi connectivity index (χ1) is 6.63. The summed E-state index contributed by atoms with van der Waals surface area (Å²) in [5.41, 5.74) is 1.80. The third-order valence-corrected chi connectivity index (χ3v) is 2.26. The van der Waals surface area contributed by atoms with E-state index in [-0.39, 0.29) is 5.92 Å². The summed E-state index contributed by atoms with van der Waals surface area (Å²) in [5, 5.41) is 0.708. The summed E-state index contributed by atoms with van der Waals surface area (Å²) in [6.07, 6.45) is 2.78. The van der Waals surface area contributed by atoms with Gasteiger partial charge in [0.15, 0.2) is 0 Å². The lowest BCUT2D eigenvalue weighted by atomic mass is 10.0. The third-order valence-electron chi connectivity index (χ3n) is 2.01. The van der Waals surface area contributed by atoms with Crippen LogP contribution in [0, 0.1) is 5.92 Å². The Morgan fingerprint density at radius 2 is 1.86 bits per heavy atom. The van der Waals surface area contributed by atoms with Crippen LogP contribution in [0.25, 0.3) is 6.08 Å². The molecule has 74 valence electrons. The zero-order valence-electron chi connectivity index (χ0n) is 8.33. The lowest BCUT2D eigenvalue weighted by molar-refractivity contribution is -0.105. The van der Waals surface area contributed by atoms with E-state index in [1.165, 1.54) is 0 Å². The van der Waals surface area contributed by atoms with Gasteiger partial charge >= 0.3 is 0 Å². The molecule has 0 bridgehead atoms. The molecule has 0 aromatic heterocycles. The number of halogens is 1. The maximum Gasteiger partial charge on any atom is 0.146 e. The molecule has 1 aromatic rings. The Balaban J connectivity index is 2.95. The minimum Gasteiger partial charge on any atom is -0.298 e. The van der Waals surface area contributed by atoms with Crippen molar-refractivity contribution in [3.8, 4) is 0 Å². The van der Waals surface area contributed by atoms with E-state index in [1.807, 2.05) is 44.2 Å². The molecule has 0 atom stereocenters. The van der Waals surface area contributed by atoms with Gasteiger partial charge in [0.05, 0.1) is 0 Å². The van der Waals surface area contributed by atoms with E-state index in [9.17, 15) is 4.79 Å². The first kappa shape index (κ1) is 11.0. The van der Waals surface area contributed by atoms with E-state index in [0.29, 0.717) is 5.02 Å². The van der Waals surface area contributed by atoms with Crippen molar-refractivity contribution in [1.29, 1.82) is 0 Å². The minimum absolute atomic E-state index is 0.253. The van der Waals surface area contributed by atoms with Crippen LogP contribution in [0.3, 0.4) is 0 Å². The molecule has 0 saturated carbocycles. The van der Waals surface area contributed by atoms with Gasteiger partial charge in [-0.1, -0.05) is 37.6 Å². The van der Waals surface area contributed by atoms with Crippen molar-refractivity contribution in [2.45, 2.75) is 13.8 Å². The van der Waals surface area contributed by atoms with E-state index in [4.69, 9.17) is 11.6 Å². The molecule has 0 radical (unpaired) electrons. The van der Waals surface area contributed by atoms with Gasteiger partial charge in [0.1, 0.15) is 6.29 Å². The van der Waals surface area contributed by atoms with Gasteiger partial charge in [-0.05, 0) is 35.3 Å². The van der Waals surface area contributed by atoms with Gasteiger partial charge in [0, 0.05) is 5.02 Å². The number of hydrogen-bond donors (Lipinski definition) is 0. The summed E-state index contributed by atoms with van der Waals surface area (Å²) in [5.74, 6) is 0.253. The molecule has 0 N–H and O–H groups in total. The van der Waals surface area contributed by atoms with Gasteiger partial charge in [-0.25, -0.2) is 0 Å². The molecular weight excluding hydrogens is 196 g/mol. The molecule has 0 amide bonds. The van der Waals surface area contributed by atoms with E-state index < -0.39 is 0 Å². The Kier molecular flexibility index (Phi) is 3.90. The van der Waals surface area contributed by atoms with Crippen molar-refractivity contribution in [3.05, 3.63) is 40.4 Å². The quantitative estimate of drug-likeness (QED) is 0.548. The van der Waals surface area contributed by atoms with Crippen molar-refractivity contribution in [1.82, 2.24) is 0 Å². The average molecular weight is 209 g/mol. The summed E-state index contributed by atoms with van der Waals surface area (Å²) >= 11 is 5.75. The Morgan fingerprint density at radius 3 is 2.29 bits per heavy atom. The lowest BCUT2D eigenvalue weighted by Gasteiger charge is -2.03. The van der Waals surface area contributed by atoms with Crippen LogP contribution in [0.4, 0.5) is 0 Å². The molecular formula is C12H13ClO. The van der Waals surface area contributed by atoms with Crippen LogP contribution in [-0.4, -0.2) is 6.29 Å². The number of hydrogen-bond acceptors (Lipinski definition) is 1. The summed E-state index contributed by atoms with van der Waals surface area (Å²) in [7, 11) is 0. The Labute approximate surface area is 89.4 Å². The highest BCUT2D eigenvalue weighted by atomic mass is 35.5. The van der Waals surface area contributed by atoms with Crippen molar-refractivity contribution in [2.75, 3.05) is 0 Å². The van der Waals surface area contributed by atoms with Gasteiger partial charge in [0.25, 0.3) is 0 Å². The molecule has 0 unspecified atom stereocenters. The molecule has 1 aromatic carbocycles. The standard InChI is InChI=1S/C12H13ClO/c1-9(2)11(8-14)7-10-3-5-12(13)6-4-10/h3-9H,1-2H3/b11-7+. The topological polar surface area (TPSA) is 17.1 Å². The minimum atomic E-state index is 0.253. The van der Waals surface area contributed by atoms with Crippen LogP contribution >= 0.6 is 11.6 Å². The highest BCUT2D eigenvalue weighted by molar-refractivity contribution is 6.30. The monoisotopic (exact) mass is 208 g/mol. The predicted molar refractivity (Wildman–Crippen MR) is 60.3 cm³/mol. The Bertz CT molecular complexity index is 336. The fourth-order valence-corrected chi connectivity index (χ4v) is 1.21. The van der Waals surface area contributed by atoms with Gasteiger partial charge in [-0.3, -0.25) is 4.79 Å². The van der Waals surface area contributed by atoms with E-state index in [0.717, 1.165) is 17.4 Å². The second kappa shape index (κ2) is 4.97. The zero-order valence-corrected chi connectivity index (χ0v) is 9.08. The Morgan fingerprint density at radius 1 is 1.29 bits per heavy atom. The summed E-state index contributed by atoms with van der Waals surface area (Å²) in [4.78, 5) is 10.7. The van der Waals surface area contributed by atoms with Crippen molar-refractivity contribution >= 4 is 24.0 Å². The number of carbonyl (C=O) groups excluding carboxylic acids is 1. The first-order valence-electron chi connectivity index (χ1n) is 4.56. The molecule has 2 heteroatoms. The van der Waals surface area contributed by atoms with Crippen molar-refractivity contribution in [3.63, 3.8) is 0 Å². The molecule has 0 aliphatic heterocycles. The number of carbonyl (C=O) groups is 1. The summed E-state index contributed by atoms with van der Waals surface area (Å²) in [6.45, 7) is 3.99. The third kappa shape index (κ3) is 3.00. The van der Waals surface area contributed by atoms with Gasteiger partial charge in [-0.2, -0.15) is 0 Å². The lowest BCUT2D eigenvalue weighted by Crippen LogP contribution is -1.94. The number of rotatable bonds is 3. The fourth-order valence-electron chi connectivity index (χ4n) is 1.09. The summed E-state index contributed by atoms with van der Waals surface area (Å²) in [6, 6.07) is 7.43. The molecule has 0 saturated heterocycles. The van der Waals surface area contributed by atoms with Crippen LogP contribution in [0.2, 0.25) is 5.02 Å². The van der Waals surface area contributed by atoms with E-state index >= 15 is 0 Å². The number of allylic oxidation sites excluding steroid dienone is 1. The second-order valence-electron chi connectivity index (χ2n) is 3.47. The molecule has 0 heterocycles. The van der Waals surface area contributed by atoms with Crippen LogP contribution in [0.15, 0.2) is 29.8 Å². The molecule has 0 spiro atoms. The van der Waals surface area contributed by atoms with Gasteiger partial charge in [-0.15, -0.1) is 0 Å². The maximum absolute atomic E-state index is 10.7. The SMILES string of the molecule is CC(C)/C(C=O)=C/c1ccc(Cl)cc1. The van der Waals surface area contributed by atoms with Crippen LogP contribution in [0.5, 0.6) is 0 Å². The smallest absolute Gasteiger partial charge is 0.146 e. The van der Waals surface area contributed by atoms with Gasteiger partial charge in [0.2, 0.25) is 0 Å². The molecule has 1 nitrogen and oxygen atoms in total. The van der Waals surface area contributed by atoms with Crippen LogP contribution in [0.1, 0.15) is 19.4 Å². The largest absolute Gasteiger partial charge is 0.298 e. The normalized spacial score (nSPS) is 11.9.